The van der Waals surface area contributed by atoms with Gasteiger partial charge in [0.1, 0.15) is 0 Å². The van der Waals surface area contributed by atoms with Crippen molar-refractivity contribution in [1.82, 2.24) is 0 Å². The highest BCUT2D eigenvalue weighted by molar-refractivity contribution is 6.04. The summed E-state index contributed by atoms with van der Waals surface area (Å²) in [6.07, 6.45) is 1.72. The van der Waals surface area contributed by atoms with Gasteiger partial charge in [-0.25, -0.2) is 9.59 Å². The summed E-state index contributed by atoms with van der Waals surface area (Å²) in [6, 6.07) is 0. The molecule has 1 aliphatic rings. The lowest BCUT2D eigenvalue weighted by atomic mass is 9.91. The standard InChI is InChI=1S/C13H20O5/c1-5-16-11(14)13(12(15)17-6-2)8-9(3)7-10(4)18-13/h7,10H,5-6,8H2,1-4H3. The number of carbonyl (C=O) groups is 2. The Morgan fingerprint density at radius 1 is 1.33 bits per heavy atom. The van der Waals surface area contributed by atoms with Crippen molar-refractivity contribution in [3.8, 4) is 0 Å². The van der Waals surface area contributed by atoms with Gasteiger partial charge in [0.2, 0.25) is 0 Å². The van der Waals surface area contributed by atoms with E-state index in [9.17, 15) is 9.59 Å². The fourth-order valence-electron chi connectivity index (χ4n) is 2.06. The Morgan fingerprint density at radius 3 is 2.22 bits per heavy atom. The van der Waals surface area contributed by atoms with Crippen LogP contribution in [0.5, 0.6) is 0 Å². The zero-order chi connectivity index (χ0) is 13.8. The molecule has 5 nitrogen and oxygen atoms in total. The first kappa shape index (κ1) is 14.7. The van der Waals surface area contributed by atoms with Crippen LogP contribution in [0.15, 0.2) is 11.6 Å². The highest BCUT2D eigenvalue weighted by atomic mass is 16.6. The van der Waals surface area contributed by atoms with Gasteiger partial charge in [-0.15, -0.1) is 0 Å². The number of carbonyl (C=O) groups excluding carboxylic acids is 2. The first-order valence-corrected chi connectivity index (χ1v) is 6.15. The molecule has 0 aromatic carbocycles. The monoisotopic (exact) mass is 256 g/mol. The Balaban J connectivity index is 3.06. The number of ether oxygens (including phenoxy) is 3. The molecule has 18 heavy (non-hydrogen) atoms. The third-order valence-corrected chi connectivity index (χ3v) is 2.64. The van der Waals surface area contributed by atoms with E-state index in [1.54, 1.807) is 20.8 Å². The minimum atomic E-state index is -1.65. The first-order valence-electron chi connectivity index (χ1n) is 6.15. The molecule has 0 bridgehead atoms. The smallest absolute Gasteiger partial charge is 0.350 e. The molecule has 0 amide bonds. The van der Waals surface area contributed by atoms with Crippen molar-refractivity contribution in [3.05, 3.63) is 11.6 Å². The van der Waals surface area contributed by atoms with Gasteiger partial charge >= 0.3 is 11.9 Å². The quantitative estimate of drug-likeness (QED) is 0.434. The molecule has 0 aliphatic carbocycles. The Kier molecular flexibility index (Phi) is 4.90. The maximum Gasteiger partial charge on any atom is 0.350 e. The molecule has 1 heterocycles. The molecule has 102 valence electrons. The number of hydrogen-bond acceptors (Lipinski definition) is 5. The van der Waals surface area contributed by atoms with E-state index in [1.807, 2.05) is 13.0 Å². The van der Waals surface area contributed by atoms with Crippen LogP contribution in [-0.2, 0) is 23.8 Å². The predicted molar refractivity (Wildman–Crippen MR) is 64.9 cm³/mol. The van der Waals surface area contributed by atoms with Gasteiger partial charge in [0.15, 0.2) is 0 Å². The number of rotatable bonds is 4. The molecular weight excluding hydrogens is 236 g/mol. The van der Waals surface area contributed by atoms with Crippen LogP contribution in [-0.4, -0.2) is 36.9 Å². The van der Waals surface area contributed by atoms with Gasteiger partial charge in [0, 0.05) is 6.42 Å². The maximum absolute atomic E-state index is 12.1. The molecule has 0 radical (unpaired) electrons. The Morgan fingerprint density at radius 2 is 1.83 bits per heavy atom. The summed E-state index contributed by atoms with van der Waals surface area (Å²) >= 11 is 0. The second-order valence-electron chi connectivity index (χ2n) is 4.28. The SMILES string of the molecule is CCOC(=O)C1(C(=O)OCC)CC(C)=CC(C)O1. The van der Waals surface area contributed by atoms with Crippen molar-refractivity contribution in [1.29, 1.82) is 0 Å². The van der Waals surface area contributed by atoms with Crippen LogP contribution in [0.1, 0.15) is 34.1 Å². The number of esters is 2. The third kappa shape index (κ3) is 2.90. The average molecular weight is 256 g/mol. The van der Waals surface area contributed by atoms with Crippen LogP contribution in [0.4, 0.5) is 0 Å². The van der Waals surface area contributed by atoms with Crippen molar-refractivity contribution in [2.24, 2.45) is 0 Å². The second kappa shape index (κ2) is 6.00. The molecule has 0 saturated carbocycles. The zero-order valence-corrected chi connectivity index (χ0v) is 11.3. The van der Waals surface area contributed by atoms with Gasteiger partial charge in [0.25, 0.3) is 5.60 Å². The molecule has 1 rings (SSSR count). The van der Waals surface area contributed by atoms with Gasteiger partial charge in [-0.2, -0.15) is 0 Å². The summed E-state index contributed by atoms with van der Waals surface area (Å²) in [6.45, 7) is 7.39. The van der Waals surface area contributed by atoms with Crippen molar-refractivity contribution in [3.63, 3.8) is 0 Å². The van der Waals surface area contributed by atoms with Gasteiger partial charge in [0.05, 0.1) is 19.3 Å². The molecule has 0 saturated heterocycles. The fourth-order valence-corrected chi connectivity index (χ4v) is 2.06. The van der Waals surface area contributed by atoms with Gasteiger partial charge in [-0.1, -0.05) is 11.6 Å². The van der Waals surface area contributed by atoms with Crippen molar-refractivity contribution < 1.29 is 23.8 Å². The van der Waals surface area contributed by atoms with E-state index in [0.717, 1.165) is 5.57 Å². The lowest BCUT2D eigenvalue weighted by Crippen LogP contribution is -2.54. The van der Waals surface area contributed by atoms with Crippen LogP contribution in [0.3, 0.4) is 0 Å². The molecule has 0 N–H and O–H groups in total. The first-order chi connectivity index (χ1) is 8.46. The van der Waals surface area contributed by atoms with Gasteiger partial charge in [-0.05, 0) is 27.7 Å². The van der Waals surface area contributed by atoms with Crippen molar-refractivity contribution >= 4 is 11.9 Å². The van der Waals surface area contributed by atoms with E-state index in [0.29, 0.717) is 0 Å². The largest absolute Gasteiger partial charge is 0.463 e. The van der Waals surface area contributed by atoms with Crippen LogP contribution in [0, 0.1) is 0 Å². The highest BCUT2D eigenvalue weighted by Gasteiger charge is 2.52. The Bertz CT molecular complexity index is 340. The van der Waals surface area contributed by atoms with Gasteiger partial charge < -0.3 is 14.2 Å². The van der Waals surface area contributed by atoms with Crippen molar-refractivity contribution in [2.75, 3.05) is 13.2 Å². The number of hydrogen-bond donors (Lipinski definition) is 0. The van der Waals surface area contributed by atoms with Crippen molar-refractivity contribution in [2.45, 2.75) is 45.8 Å². The summed E-state index contributed by atoms with van der Waals surface area (Å²) in [5.41, 5.74) is -0.737. The molecular formula is C13H20O5. The predicted octanol–water partition coefficient (Wildman–Crippen LogP) is 1.61. The second-order valence-corrected chi connectivity index (χ2v) is 4.28. The summed E-state index contributed by atoms with van der Waals surface area (Å²) in [5, 5.41) is 0. The van der Waals surface area contributed by atoms with E-state index in [4.69, 9.17) is 14.2 Å². The van der Waals surface area contributed by atoms with E-state index >= 15 is 0 Å². The van der Waals surface area contributed by atoms with Crippen LogP contribution in [0.2, 0.25) is 0 Å². The molecule has 1 unspecified atom stereocenters. The van der Waals surface area contributed by atoms with E-state index in [2.05, 4.69) is 0 Å². The average Bonchev–Trinajstić information content (AvgIpc) is 2.28. The molecule has 0 fully saturated rings. The van der Waals surface area contributed by atoms with E-state index in [-0.39, 0.29) is 25.7 Å². The topological polar surface area (TPSA) is 61.8 Å². The maximum atomic E-state index is 12.1. The molecule has 1 aliphatic heterocycles. The van der Waals surface area contributed by atoms with Crippen LogP contribution >= 0.6 is 0 Å². The lowest BCUT2D eigenvalue weighted by molar-refractivity contribution is -0.196. The minimum Gasteiger partial charge on any atom is -0.463 e. The summed E-state index contributed by atoms with van der Waals surface area (Å²) in [4.78, 5) is 24.1. The zero-order valence-electron chi connectivity index (χ0n) is 11.3. The summed E-state index contributed by atoms with van der Waals surface area (Å²) in [7, 11) is 0. The van der Waals surface area contributed by atoms with Crippen LogP contribution < -0.4 is 0 Å². The summed E-state index contributed by atoms with van der Waals surface area (Å²) in [5.74, 6) is -1.36. The molecule has 5 heteroatoms. The minimum absolute atomic E-state index is 0.176. The fraction of sp³-hybridized carbons (Fsp3) is 0.692. The lowest BCUT2D eigenvalue weighted by Gasteiger charge is -2.34. The molecule has 1 atom stereocenters. The molecule has 0 aromatic heterocycles. The Hall–Kier alpha value is -1.36. The molecule has 0 spiro atoms. The normalized spacial score (nSPS) is 22.0. The van der Waals surface area contributed by atoms with E-state index < -0.39 is 17.5 Å². The summed E-state index contributed by atoms with van der Waals surface area (Å²) < 4.78 is 15.5. The third-order valence-electron chi connectivity index (χ3n) is 2.64. The highest BCUT2D eigenvalue weighted by Crippen LogP contribution is 2.31. The van der Waals surface area contributed by atoms with E-state index in [1.165, 1.54) is 0 Å². The van der Waals surface area contributed by atoms with Gasteiger partial charge in [-0.3, -0.25) is 0 Å². The van der Waals surface area contributed by atoms with Crippen LogP contribution in [0.25, 0.3) is 0 Å². The molecule has 0 aromatic rings. The Labute approximate surface area is 107 Å².